The Morgan fingerprint density at radius 1 is 1.67 bits per heavy atom. The summed E-state index contributed by atoms with van der Waals surface area (Å²) in [5.41, 5.74) is -0.163. The van der Waals surface area contributed by atoms with Crippen molar-refractivity contribution in [3.63, 3.8) is 0 Å². The van der Waals surface area contributed by atoms with Crippen LogP contribution < -0.4 is 0 Å². The number of hydrogen-bond acceptors (Lipinski definition) is 3. The fourth-order valence-corrected chi connectivity index (χ4v) is 0.799. The Kier molecular flexibility index (Phi) is 2.40. The molecule has 0 aliphatic heterocycles. The monoisotopic (exact) mass is 184 g/mol. The molecule has 0 heterocycles. The Balaban J connectivity index is 3.12. The molecule has 1 rings (SSSR count). The molecule has 4 nitrogen and oxygen atoms in total. The molecule has 0 aliphatic carbocycles. The number of halogens is 1. The SMILES string of the molecule is O=C(Cl)c1cc[c]c([N+](=O)[O-])c1. The van der Waals surface area contributed by atoms with E-state index < -0.39 is 10.2 Å². The van der Waals surface area contributed by atoms with E-state index in [-0.39, 0.29) is 11.3 Å². The maximum absolute atomic E-state index is 10.5. The first-order valence-electron chi connectivity index (χ1n) is 2.97. The molecule has 0 saturated carbocycles. The van der Waals surface area contributed by atoms with Crippen LogP contribution in [0.1, 0.15) is 10.4 Å². The van der Waals surface area contributed by atoms with E-state index in [1.165, 1.54) is 12.1 Å². The number of nitro benzene ring substituents is 1. The van der Waals surface area contributed by atoms with Gasteiger partial charge in [-0.2, -0.15) is 0 Å². The lowest BCUT2D eigenvalue weighted by Crippen LogP contribution is -1.92. The number of rotatable bonds is 2. The molecule has 5 heteroatoms. The highest BCUT2D eigenvalue weighted by Crippen LogP contribution is 2.13. The minimum atomic E-state index is -0.716. The van der Waals surface area contributed by atoms with Crippen LogP contribution >= 0.6 is 11.6 Å². The maximum Gasteiger partial charge on any atom is 0.278 e. The van der Waals surface area contributed by atoms with Crippen molar-refractivity contribution in [1.29, 1.82) is 0 Å². The largest absolute Gasteiger partial charge is 0.278 e. The van der Waals surface area contributed by atoms with Gasteiger partial charge in [0.1, 0.15) is 0 Å². The van der Waals surface area contributed by atoms with Crippen molar-refractivity contribution >= 4 is 22.5 Å². The first-order valence-corrected chi connectivity index (χ1v) is 3.35. The number of nitrogens with zero attached hydrogens (tertiary/aromatic N) is 1. The Morgan fingerprint density at radius 2 is 2.33 bits per heavy atom. The zero-order valence-electron chi connectivity index (χ0n) is 5.78. The van der Waals surface area contributed by atoms with E-state index in [4.69, 9.17) is 11.6 Å². The van der Waals surface area contributed by atoms with E-state index >= 15 is 0 Å². The summed E-state index contributed by atoms with van der Waals surface area (Å²) >= 11 is 5.10. The normalized spacial score (nSPS) is 9.42. The minimum absolute atomic E-state index is 0.0992. The van der Waals surface area contributed by atoms with Crippen LogP contribution in [0.25, 0.3) is 0 Å². The second kappa shape index (κ2) is 3.32. The highest BCUT2D eigenvalue weighted by atomic mass is 35.5. The van der Waals surface area contributed by atoms with Gasteiger partial charge in [-0.15, -0.1) is 0 Å². The van der Waals surface area contributed by atoms with Crippen molar-refractivity contribution in [2.45, 2.75) is 0 Å². The van der Waals surface area contributed by atoms with E-state index in [9.17, 15) is 14.9 Å². The molecule has 61 valence electrons. The quantitative estimate of drug-likeness (QED) is 0.400. The van der Waals surface area contributed by atoms with Crippen molar-refractivity contribution in [2.75, 3.05) is 0 Å². The molecule has 0 unspecified atom stereocenters. The Labute approximate surface area is 72.9 Å². The molecule has 0 fully saturated rings. The summed E-state index contributed by atoms with van der Waals surface area (Å²) in [4.78, 5) is 20.1. The van der Waals surface area contributed by atoms with E-state index in [1.54, 1.807) is 0 Å². The lowest BCUT2D eigenvalue weighted by Gasteiger charge is -1.92. The predicted octanol–water partition coefficient (Wildman–Crippen LogP) is 1.77. The van der Waals surface area contributed by atoms with Crippen molar-refractivity contribution in [1.82, 2.24) is 0 Å². The first kappa shape index (κ1) is 8.67. The third-order valence-corrected chi connectivity index (χ3v) is 1.43. The zero-order chi connectivity index (χ0) is 9.14. The van der Waals surface area contributed by atoms with Gasteiger partial charge >= 0.3 is 0 Å². The second-order valence-electron chi connectivity index (χ2n) is 1.99. The van der Waals surface area contributed by atoms with Crippen molar-refractivity contribution in [3.05, 3.63) is 39.9 Å². The standard InChI is InChI=1S/C7H3ClNO3/c8-7(10)5-2-1-3-6(4-5)9(11)12/h1-2,4H. The molecular weight excluding hydrogens is 182 g/mol. The summed E-state index contributed by atoms with van der Waals surface area (Å²) in [6.07, 6.45) is 0. The molecule has 1 aromatic rings. The van der Waals surface area contributed by atoms with Gasteiger partial charge in [0, 0.05) is 11.6 Å². The van der Waals surface area contributed by atoms with Crippen molar-refractivity contribution in [3.8, 4) is 0 Å². The van der Waals surface area contributed by atoms with Crippen LogP contribution in [0.2, 0.25) is 0 Å². The molecule has 0 bridgehead atoms. The first-order chi connectivity index (χ1) is 5.61. The summed E-state index contributed by atoms with van der Waals surface area (Å²) in [5, 5.41) is 9.48. The van der Waals surface area contributed by atoms with Gasteiger partial charge in [0.25, 0.3) is 10.9 Å². The predicted molar refractivity (Wildman–Crippen MR) is 42.1 cm³/mol. The highest BCUT2D eigenvalue weighted by Gasteiger charge is 2.09. The van der Waals surface area contributed by atoms with Crippen LogP contribution in [0, 0.1) is 16.2 Å². The van der Waals surface area contributed by atoms with Gasteiger partial charge < -0.3 is 0 Å². The van der Waals surface area contributed by atoms with Gasteiger partial charge in [-0.3, -0.25) is 14.9 Å². The number of hydrogen-bond donors (Lipinski definition) is 0. The summed E-state index contributed by atoms with van der Waals surface area (Å²) < 4.78 is 0. The van der Waals surface area contributed by atoms with Gasteiger partial charge in [0.2, 0.25) is 0 Å². The molecule has 0 saturated heterocycles. The van der Waals surface area contributed by atoms with Crippen molar-refractivity contribution < 1.29 is 9.72 Å². The van der Waals surface area contributed by atoms with Gasteiger partial charge in [0.15, 0.2) is 0 Å². The van der Waals surface area contributed by atoms with Crippen molar-refractivity contribution in [2.24, 2.45) is 0 Å². The fraction of sp³-hybridized carbons (Fsp3) is 0. The average molecular weight is 185 g/mol. The van der Waals surface area contributed by atoms with Crippen LogP contribution in [0.3, 0.4) is 0 Å². The zero-order valence-corrected chi connectivity index (χ0v) is 6.54. The third-order valence-electron chi connectivity index (χ3n) is 1.21. The molecule has 1 radical (unpaired) electrons. The smallest absolute Gasteiger partial charge is 0.276 e. The lowest BCUT2D eigenvalue weighted by atomic mass is 10.2. The van der Waals surface area contributed by atoms with E-state index in [0.29, 0.717) is 0 Å². The lowest BCUT2D eigenvalue weighted by molar-refractivity contribution is -0.385. The third kappa shape index (κ3) is 1.79. The van der Waals surface area contributed by atoms with Crippen LogP contribution in [0.15, 0.2) is 18.2 Å². The number of benzene rings is 1. The van der Waals surface area contributed by atoms with Crippen LogP contribution in [0.5, 0.6) is 0 Å². The molecule has 0 atom stereocenters. The summed E-state index contributed by atoms with van der Waals surface area (Å²) in [6.45, 7) is 0. The Bertz CT molecular complexity index is 308. The molecule has 0 aliphatic rings. The second-order valence-corrected chi connectivity index (χ2v) is 2.34. The van der Waals surface area contributed by atoms with Crippen LogP contribution in [0.4, 0.5) is 5.69 Å². The van der Waals surface area contributed by atoms with E-state index in [0.717, 1.165) is 6.07 Å². The molecule has 0 aromatic heterocycles. The summed E-state index contributed by atoms with van der Waals surface area (Å²) in [5.74, 6) is 0. The Morgan fingerprint density at radius 3 is 2.83 bits per heavy atom. The number of carbonyl (C=O) groups is 1. The van der Waals surface area contributed by atoms with Crippen LogP contribution in [-0.4, -0.2) is 10.2 Å². The fourth-order valence-electron chi connectivity index (χ4n) is 0.682. The number of non-ortho nitro benzene ring substituents is 1. The van der Waals surface area contributed by atoms with E-state index in [2.05, 4.69) is 6.07 Å². The van der Waals surface area contributed by atoms with E-state index in [1.807, 2.05) is 0 Å². The highest BCUT2D eigenvalue weighted by molar-refractivity contribution is 6.67. The molecule has 0 spiro atoms. The molecule has 0 amide bonds. The molecule has 12 heavy (non-hydrogen) atoms. The minimum Gasteiger partial charge on any atom is -0.276 e. The molecule has 0 N–H and O–H groups in total. The van der Waals surface area contributed by atoms with Crippen LogP contribution in [-0.2, 0) is 0 Å². The topological polar surface area (TPSA) is 60.2 Å². The summed E-state index contributed by atoms with van der Waals surface area (Å²) in [6, 6.07) is 6.08. The number of nitro groups is 1. The number of carbonyl (C=O) groups excluding carboxylic acids is 1. The van der Waals surface area contributed by atoms with Gasteiger partial charge in [-0.25, -0.2) is 0 Å². The molecule has 1 aromatic carbocycles. The Hall–Kier alpha value is -1.42. The molecular formula is C7H3ClNO3. The van der Waals surface area contributed by atoms with Gasteiger partial charge in [-0.1, -0.05) is 0 Å². The van der Waals surface area contributed by atoms with Gasteiger partial charge in [-0.05, 0) is 23.7 Å². The summed E-state index contributed by atoms with van der Waals surface area (Å²) in [7, 11) is 0. The van der Waals surface area contributed by atoms with Gasteiger partial charge in [0.05, 0.1) is 11.0 Å². The maximum atomic E-state index is 10.5. The average Bonchev–Trinajstić information content (AvgIpc) is 2.04.